The molecular weight excluding hydrogens is 245 g/mol. The first-order chi connectivity index (χ1) is 9.18. The Morgan fingerprint density at radius 2 is 2.26 bits per heavy atom. The summed E-state index contributed by atoms with van der Waals surface area (Å²) in [4.78, 5) is 2.31. The van der Waals surface area contributed by atoms with Crippen LogP contribution < -0.4 is 0 Å². The molecule has 3 heterocycles. The van der Waals surface area contributed by atoms with Crippen molar-refractivity contribution < 1.29 is 13.9 Å². The van der Waals surface area contributed by atoms with E-state index in [4.69, 9.17) is 4.42 Å². The van der Waals surface area contributed by atoms with Crippen molar-refractivity contribution in [2.75, 3.05) is 13.1 Å². The minimum Gasteiger partial charge on any atom is -0.455 e. The number of para-hydroxylation sites is 1. The Balaban J connectivity index is 1.83. The number of hydrogen-bond donors (Lipinski definition) is 1. The Kier molecular flexibility index (Phi) is 2.29. The number of halogens is 1. The van der Waals surface area contributed by atoms with E-state index < -0.39 is 5.60 Å². The predicted molar refractivity (Wildman–Crippen MR) is 69.3 cm³/mol. The van der Waals surface area contributed by atoms with Crippen LogP contribution in [0.25, 0.3) is 11.0 Å². The lowest BCUT2D eigenvalue weighted by Crippen LogP contribution is -2.38. The van der Waals surface area contributed by atoms with Gasteiger partial charge in [-0.05, 0) is 37.9 Å². The molecule has 1 N–H and O–H groups in total. The van der Waals surface area contributed by atoms with E-state index in [1.54, 1.807) is 12.1 Å². The normalized spacial score (nSPS) is 31.2. The molecule has 0 bridgehead atoms. The molecule has 4 rings (SSSR count). The second-order valence-electron chi connectivity index (χ2n) is 5.64. The number of nitrogens with zero attached hydrogens (tertiary/aromatic N) is 1. The highest BCUT2D eigenvalue weighted by atomic mass is 19.1. The molecule has 2 aliphatic heterocycles. The van der Waals surface area contributed by atoms with Gasteiger partial charge in [-0.2, -0.15) is 0 Å². The van der Waals surface area contributed by atoms with Gasteiger partial charge in [0.1, 0.15) is 11.4 Å². The summed E-state index contributed by atoms with van der Waals surface area (Å²) in [6.45, 7) is 1.93. The first-order valence-electron chi connectivity index (χ1n) is 6.83. The summed E-state index contributed by atoms with van der Waals surface area (Å²) in [7, 11) is 0. The average Bonchev–Trinajstić information content (AvgIpc) is 3.07. The van der Waals surface area contributed by atoms with Gasteiger partial charge in [0.15, 0.2) is 11.4 Å². The molecule has 3 nitrogen and oxygen atoms in total. The highest BCUT2D eigenvalue weighted by molar-refractivity contribution is 5.78. The summed E-state index contributed by atoms with van der Waals surface area (Å²) >= 11 is 0. The van der Waals surface area contributed by atoms with Gasteiger partial charge in [0.2, 0.25) is 0 Å². The topological polar surface area (TPSA) is 36.6 Å². The molecule has 0 spiro atoms. The van der Waals surface area contributed by atoms with Crippen molar-refractivity contribution in [3.8, 4) is 0 Å². The predicted octanol–water partition coefficient (Wildman–Crippen LogP) is 2.63. The van der Waals surface area contributed by atoms with E-state index in [0.717, 1.165) is 31.3 Å². The fourth-order valence-corrected chi connectivity index (χ4v) is 3.64. The lowest BCUT2D eigenvalue weighted by atomic mass is 9.90. The van der Waals surface area contributed by atoms with Crippen molar-refractivity contribution >= 4 is 11.0 Å². The summed E-state index contributed by atoms with van der Waals surface area (Å²) in [5, 5.41) is 11.7. The molecular formula is C15H16FNO2. The van der Waals surface area contributed by atoms with Gasteiger partial charge in [-0.1, -0.05) is 12.1 Å². The minimum absolute atomic E-state index is 0.121. The van der Waals surface area contributed by atoms with E-state index in [0.29, 0.717) is 12.2 Å². The lowest BCUT2D eigenvalue weighted by molar-refractivity contribution is -0.00892. The van der Waals surface area contributed by atoms with Crippen LogP contribution in [-0.4, -0.2) is 29.1 Å². The molecule has 0 amide bonds. The number of hydrogen-bond acceptors (Lipinski definition) is 3. The number of fused-ring (bicyclic) bond motifs is 2. The standard InChI is InChI=1S/C15H16FNO2/c16-11-4-1-3-10-9-13(19-14(10)11)15(18)6-8-17-7-2-5-12(15)17/h1,3-4,9,12,18H,2,5-8H2. The van der Waals surface area contributed by atoms with Crippen LogP contribution in [0.1, 0.15) is 25.0 Å². The van der Waals surface area contributed by atoms with Crippen molar-refractivity contribution in [1.82, 2.24) is 4.90 Å². The van der Waals surface area contributed by atoms with Crippen LogP contribution in [0.15, 0.2) is 28.7 Å². The molecule has 1 aromatic heterocycles. The number of benzene rings is 1. The zero-order chi connectivity index (χ0) is 13.0. The van der Waals surface area contributed by atoms with Crippen LogP contribution in [0.3, 0.4) is 0 Å². The van der Waals surface area contributed by atoms with Crippen LogP contribution in [0.5, 0.6) is 0 Å². The molecule has 0 radical (unpaired) electrons. The second kappa shape index (κ2) is 3.81. The maximum absolute atomic E-state index is 13.7. The molecule has 2 aliphatic rings. The Morgan fingerprint density at radius 1 is 1.37 bits per heavy atom. The fourth-order valence-electron chi connectivity index (χ4n) is 3.64. The van der Waals surface area contributed by atoms with Crippen molar-refractivity contribution in [3.05, 3.63) is 35.8 Å². The molecule has 2 atom stereocenters. The Morgan fingerprint density at radius 3 is 3.11 bits per heavy atom. The van der Waals surface area contributed by atoms with E-state index in [2.05, 4.69) is 4.90 Å². The molecule has 100 valence electrons. The van der Waals surface area contributed by atoms with Gasteiger partial charge in [-0.25, -0.2) is 4.39 Å². The third-order valence-corrected chi connectivity index (χ3v) is 4.62. The van der Waals surface area contributed by atoms with Crippen molar-refractivity contribution in [1.29, 1.82) is 0 Å². The molecule has 4 heteroatoms. The van der Waals surface area contributed by atoms with Crippen LogP contribution >= 0.6 is 0 Å². The first kappa shape index (κ1) is 11.4. The molecule has 2 unspecified atom stereocenters. The largest absolute Gasteiger partial charge is 0.455 e. The Bertz CT molecular complexity index is 638. The third kappa shape index (κ3) is 1.50. The number of furan rings is 1. The second-order valence-corrected chi connectivity index (χ2v) is 5.64. The summed E-state index contributed by atoms with van der Waals surface area (Å²) in [6.07, 6.45) is 2.76. The van der Waals surface area contributed by atoms with Gasteiger partial charge >= 0.3 is 0 Å². The van der Waals surface area contributed by atoms with E-state index in [1.165, 1.54) is 6.07 Å². The Hall–Kier alpha value is -1.39. The maximum Gasteiger partial charge on any atom is 0.170 e. The van der Waals surface area contributed by atoms with Gasteiger partial charge in [0.25, 0.3) is 0 Å². The lowest BCUT2D eigenvalue weighted by Gasteiger charge is -2.27. The van der Waals surface area contributed by atoms with Gasteiger partial charge in [0, 0.05) is 18.0 Å². The number of aliphatic hydroxyl groups is 1. The number of rotatable bonds is 1. The molecule has 2 aromatic rings. The molecule has 19 heavy (non-hydrogen) atoms. The molecule has 1 aromatic carbocycles. The van der Waals surface area contributed by atoms with Crippen LogP contribution in [-0.2, 0) is 5.60 Å². The van der Waals surface area contributed by atoms with Gasteiger partial charge in [0.05, 0.1) is 0 Å². The summed E-state index contributed by atoms with van der Waals surface area (Å²) in [5.74, 6) is 0.149. The van der Waals surface area contributed by atoms with E-state index in [-0.39, 0.29) is 17.4 Å². The maximum atomic E-state index is 13.7. The highest BCUT2D eigenvalue weighted by Gasteiger charge is 2.51. The van der Waals surface area contributed by atoms with E-state index in [1.807, 2.05) is 6.07 Å². The van der Waals surface area contributed by atoms with E-state index in [9.17, 15) is 9.50 Å². The molecule has 0 aliphatic carbocycles. The third-order valence-electron chi connectivity index (χ3n) is 4.62. The zero-order valence-corrected chi connectivity index (χ0v) is 10.6. The monoisotopic (exact) mass is 261 g/mol. The van der Waals surface area contributed by atoms with E-state index >= 15 is 0 Å². The van der Waals surface area contributed by atoms with Gasteiger partial charge in [-0.15, -0.1) is 0 Å². The highest BCUT2D eigenvalue weighted by Crippen LogP contribution is 2.44. The SMILES string of the molecule is OC1(c2cc3cccc(F)c3o2)CCN2CCCC21. The Labute approximate surface area is 110 Å². The molecule has 2 fully saturated rings. The molecule has 0 saturated carbocycles. The average molecular weight is 261 g/mol. The van der Waals surface area contributed by atoms with Crippen LogP contribution in [0.4, 0.5) is 4.39 Å². The van der Waals surface area contributed by atoms with Gasteiger partial charge < -0.3 is 9.52 Å². The fraction of sp³-hybridized carbons (Fsp3) is 0.467. The van der Waals surface area contributed by atoms with Crippen molar-refractivity contribution in [2.24, 2.45) is 0 Å². The first-order valence-corrected chi connectivity index (χ1v) is 6.83. The smallest absolute Gasteiger partial charge is 0.170 e. The zero-order valence-electron chi connectivity index (χ0n) is 10.6. The summed E-state index contributed by atoms with van der Waals surface area (Å²) in [6, 6.07) is 6.78. The summed E-state index contributed by atoms with van der Waals surface area (Å²) < 4.78 is 19.3. The van der Waals surface area contributed by atoms with Crippen molar-refractivity contribution in [2.45, 2.75) is 30.9 Å². The summed E-state index contributed by atoms with van der Waals surface area (Å²) in [5.41, 5.74) is -0.704. The minimum atomic E-state index is -0.956. The quantitative estimate of drug-likeness (QED) is 0.857. The van der Waals surface area contributed by atoms with Crippen molar-refractivity contribution in [3.63, 3.8) is 0 Å². The van der Waals surface area contributed by atoms with Crippen LogP contribution in [0, 0.1) is 5.82 Å². The van der Waals surface area contributed by atoms with Crippen LogP contribution in [0.2, 0.25) is 0 Å². The molecule has 2 saturated heterocycles. The van der Waals surface area contributed by atoms with Gasteiger partial charge in [-0.3, -0.25) is 4.90 Å².